The number of carbonyl (C=O) groups excluding carboxylic acids is 1. The summed E-state index contributed by atoms with van der Waals surface area (Å²) >= 11 is 4.30. The molecule has 2 aromatic rings. The largest absolute Gasteiger partial charge is 0.293 e. The van der Waals surface area contributed by atoms with E-state index in [-0.39, 0.29) is 5.78 Å². The fourth-order valence-corrected chi connectivity index (χ4v) is 3.39. The Kier molecular flexibility index (Phi) is 4.79. The molecule has 0 fully saturated rings. The maximum atomic E-state index is 11.9. The van der Waals surface area contributed by atoms with Gasteiger partial charge in [-0.2, -0.15) is 4.37 Å². The second-order valence-corrected chi connectivity index (χ2v) is 6.37. The second kappa shape index (κ2) is 6.36. The van der Waals surface area contributed by atoms with Crippen molar-refractivity contribution in [2.75, 3.05) is 12.0 Å². The molecule has 0 N–H and O–H groups in total. The van der Waals surface area contributed by atoms with Gasteiger partial charge in [-0.3, -0.25) is 4.79 Å². The Balaban J connectivity index is 1.93. The van der Waals surface area contributed by atoms with Crippen LogP contribution in [0.4, 0.5) is 0 Å². The van der Waals surface area contributed by atoms with Gasteiger partial charge in [-0.15, -0.1) is 0 Å². The van der Waals surface area contributed by atoms with Crippen molar-refractivity contribution in [2.45, 2.75) is 16.4 Å². The predicted molar refractivity (Wildman–Crippen MR) is 77.9 cm³/mol. The summed E-state index contributed by atoms with van der Waals surface area (Å²) in [6.07, 6.45) is 1.94. The SMILES string of the molecule is CSc1nsc(SCC(=O)c2ccc(C)cc2)n1. The van der Waals surface area contributed by atoms with E-state index < -0.39 is 0 Å². The first-order chi connectivity index (χ1) is 8.69. The average molecular weight is 296 g/mol. The summed E-state index contributed by atoms with van der Waals surface area (Å²) in [5.74, 6) is 0.535. The summed E-state index contributed by atoms with van der Waals surface area (Å²) in [4.78, 5) is 16.2. The van der Waals surface area contributed by atoms with Crippen LogP contribution in [0.15, 0.2) is 33.8 Å². The molecule has 6 heteroatoms. The van der Waals surface area contributed by atoms with Crippen molar-refractivity contribution in [3.8, 4) is 0 Å². The van der Waals surface area contributed by atoms with E-state index in [1.54, 1.807) is 0 Å². The van der Waals surface area contributed by atoms with Crippen molar-refractivity contribution in [1.82, 2.24) is 9.36 Å². The molecule has 3 nitrogen and oxygen atoms in total. The van der Waals surface area contributed by atoms with Gasteiger partial charge in [0.1, 0.15) is 0 Å². The highest BCUT2D eigenvalue weighted by molar-refractivity contribution is 8.01. The zero-order valence-corrected chi connectivity index (χ0v) is 12.5. The van der Waals surface area contributed by atoms with Gasteiger partial charge in [0.05, 0.1) is 5.75 Å². The quantitative estimate of drug-likeness (QED) is 0.623. The molecule has 1 heterocycles. The fourth-order valence-electron chi connectivity index (χ4n) is 1.29. The molecule has 0 saturated carbocycles. The van der Waals surface area contributed by atoms with Gasteiger partial charge in [0.2, 0.25) is 5.16 Å². The van der Waals surface area contributed by atoms with Crippen LogP contribution in [0.2, 0.25) is 0 Å². The van der Waals surface area contributed by atoms with Crippen LogP contribution in [0.5, 0.6) is 0 Å². The van der Waals surface area contributed by atoms with Crippen LogP contribution in [0, 0.1) is 6.92 Å². The normalized spacial score (nSPS) is 10.6. The molecular weight excluding hydrogens is 284 g/mol. The lowest BCUT2D eigenvalue weighted by atomic mass is 10.1. The summed E-state index contributed by atoms with van der Waals surface area (Å²) in [7, 11) is 0. The van der Waals surface area contributed by atoms with Gasteiger partial charge in [-0.1, -0.05) is 53.4 Å². The number of hydrogen-bond acceptors (Lipinski definition) is 6. The minimum absolute atomic E-state index is 0.126. The molecular formula is C12H12N2OS3. The molecule has 0 radical (unpaired) electrons. The van der Waals surface area contributed by atoms with Crippen molar-refractivity contribution in [1.29, 1.82) is 0 Å². The number of benzene rings is 1. The third-order valence-electron chi connectivity index (χ3n) is 2.27. The molecule has 0 aliphatic rings. The minimum atomic E-state index is 0.126. The highest BCUT2D eigenvalue weighted by Crippen LogP contribution is 2.24. The number of thioether (sulfide) groups is 2. The average Bonchev–Trinajstić information content (AvgIpc) is 2.85. The molecule has 0 atom stereocenters. The smallest absolute Gasteiger partial charge is 0.200 e. The van der Waals surface area contributed by atoms with Gasteiger partial charge < -0.3 is 0 Å². The number of carbonyl (C=O) groups is 1. The highest BCUT2D eigenvalue weighted by Gasteiger charge is 2.09. The number of aryl methyl sites for hydroxylation is 1. The van der Waals surface area contributed by atoms with Crippen molar-refractivity contribution < 1.29 is 4.79 Å². The van der Waals surface area contributed by atoms with E-state index in [0.29, 0.717) is 5.75 Å². The van der Waals surface area contributed by atoms with E-state index in [1.807, 2.05) is 37.4 Å². The number of hydrogen-bond donors (Lipinski definition) is 0. The Bertz CT molecular complexity index is 537. The molecule has 0 spiro atoms. The zero-order chi connectivity index (χ0) is 13.0. The Morgan fingerprint density at radius 3 is 2.67 bits per heavy atom. The molecule has 2 rings (SSSR count). The number of Topliss-reactive ketones (excluding diaryl/α,β-unsaturated/α-hetero) is 1. The molecule has 0 amide bonds. The van der Waals surface area contributed by atoms with Crippen LogP contribution in [0.1, 0.15) is 15.9 Å². The molecule has 94 valence electrons. The van der Waals surface area contributed by atoms with Crippen LogP contribution in [-0.2, 0) is 0 Å². The van der Waals surface area contributed by atoms with Crippen LogP contribution >= 0.6 is 35.1 Å². The lowest BCUT2D eigenvalue weighted by Gasteiger charge is -1.99. The van der Waals surface area contributed by atoms with E-state index in [0.717, 1.165) is 20.6 Å². The Morgan fingerprint density at radius 1 is 1.33 bits per heavy atom. The first kappa shape index (κ1) is 13.6. The predicted octanol–water partition coefficient (Wildman–Crippen LogP) is 3.54. The molecule has 0 saturated heterocycles. The minimum Gasteiger partial charge on any atom is -0.293 e. The maximum Gasteiger partial charge on any atom is 0.200 e. The standard InChI is InChI=1S/C12H12N2OS3/c1-8-3-5-9(6-4-8)10(15)7-17-12-13-11(16-2)14-18-12/h3-6H,7H2,1-2H3. The summed E-state index contributed by atoms with van der Waals surface area (Å²) < 4.78 is 5.01. The van der Waals surface area contributed by atoms with E-state index >= 15 is 0 Å². The van der Waals surface area contributed by atoms with Crippen LogP contribution in [0.3, 0.4) is 0 Å². The molecule has 0 unspecified atom stereocenters. The Hall–Kier alpha value is -0.850. The Labute approximate surface area is 119 Å². The van der Waals surface area contributed by atoms with Crippen molar-refractivity contribution in [2.24, 2.45) is 0 Å². The van der Waals surface area contributed by atoms with Gasteiger partial charge in [0.15, 0.2) is 10.1 Å². The third kappa shape index (κ3) is 3.57. The van der Waals surface area contributed by atoms with Gasteiger partial charge in [0, 0.05) is 5.56 Å². The number of rotatable bonds is 5. The number of aromatic nitrogens is 2. The van der Waals surface area contributed by atoms with Crippen LogP contribution in [-0.4, -0.2) is 27.1 Å². The summed E-state index contributed by atoms with van der Waals surface area (Å²) in [6, 6.07) is 7.64. The van der Waals surface area contributed by atoms with Gasteiger partial charge in [-0.05, 0) is 24.7 Å². The highest BCUT2D eigenvalue weighted by atomic mass is 32.2. The Morgan fingerprint density at radius 2 is 2.06 bits per heavy atom. The van der Waals surface area contributed by atoms with E-state index in [4.69, 9.17) is 0 Å². The summed E-state index contributed by atoms with van der Waals surface area (Å²) in [5, 5.41) is 0.769. The molecule has 0 bridgehead atoms. The van der Waals surface area contributed by atoms with E-state index in [2.05, 4.69) is 9.36 Å². The van der Waals surface area contributed by atoms with Crippen molar-refractivity contribution in [3.05, 3.63) is 35.4 Å². The van der Waals surface area contributed by atoms with Crippen molar-refractivity contribution in [3.63, 3.8) is 0 Å². The molecule has 1 aromatic carbocycles. The molecule has 0 aliphatic heterocycles. The van der Waals surface area contributed by atoms with Gasteiger partial charge in [0.25, 0.3) is 0 Å². The van der Waals surface area contributed by atoms with E-state index in [1.165, 1.54) is 35.1 Å². The van der Waals surface area contributed by atoms with E-state index in [9.17, 15) is 4.79 Å². The summed E-state index contributed by atoms with van der Waals surface area (Å²) in [6.45, 7) is 2.01. The topological polar surface area (TPSA) is 42.9 Å². The first-order valence-corrected chi connectivity index (χ1v) is 8.28. The third-order valence-corrected chi connectivity index (χ3v) is 4.77. The number of nitrogens with zero attached hydrogens (tertiary/aromatic N) is 2. The molecule has 0 aliphatic carbocycles. The maximum absolute atomic E-state index is 11.9. The second-order valence-electron chi connectivity index (χ2n) is 3.62. The van der Waals surface area contributed by atoms with Gasteiger partial charge in [-0.25, -0.2) is 4.98 Å². The molecule has 1 aromatic heterocycles. The van der Waals surface area contributed by atoms with Crippen LogP contribution in [0.25, 0.3) is 0 Å². The molecule has 18 heavy (non-hydrogen) atoms. The fraction of sp³-hybridized carbons (Fsp3) is 0.250. The monoisotopic (exact) mass is 296 g/mol. The van der Waals surface area contributed by atoms with Crippen LogP contribution < -0.4 is 0 Å². The van der Waals surface area contributed by atoms with Gasteiger partial charge >= 0.3 is 0 Å². The lowest BCUT2D eigenvalue weighted by molar-refractivity contribution is 0.102. The zero-order valence-electron chi connectivity index (χ0n) is 10.0. The lowest BCUT2D eigenvalue weighted by Crippen LogP contribution is -2.01. The number of ketones is 1. The summed E-state index contributed by atoms with van der Waals surface area (Å²) in [5.41, 5.74) is 1.91. The first-order valence-electron chi connectivity index (χ1n) is 5.29. The van der Waals surface area contributed by atoms with Crippen molar-refractivity contribution >= 4 is 40.8 Å².